The molecule has 0 saturated heterocycles. The molecule has 2 amide bonds. The zero-order valence-electron chi connectivity index (χ0n) is 16.7. The summed E-state index contributed by atoms with van der Waals surface area (Å²) in [4.78, 5) is 24.2. The first kappa shape index (κ1) is 21.3. The van der Waals surface area contributed by atoms with E-state index in [1.54, 1.807) is 12.1 Å². The number of hydrogen-bond donors (Lipinski definition) is 2. The highest BCUT2D eigenvalue weighted by molar-refractivity contribution is 7.99. The van der Waals surface area contributed by atoms with E-state index in [1.165, 1.54) is 42.2 Å². The summed E-state index contributed by atoms with van der Waals surface area (Å²) in [7, 11) is 0. The van der Waals surface area contributed by atoms with Crippen LogP contribution in [0.25, 0.3) is 10.8 Å². The summed E-state index contributed by atoms with van der Waals surface area (Å²) in [5.74, 6) is -0.437. The van der Waals surface area contributed by atoms with Crippen molar-refractivity contribution in [3.8, 4) is 0 Å². The van der Waals surface area contributed by atoms with Crippen LogP contribution in [-0.2, 0) is 4.79 Å². The van der Waals surface area contributed by atoms with Crippen molar-refractivity contribution in [1.82, 2.24) is 5.43 Å². The van der Waals surface area contributed by atoms with Gasteiger partial charge in [-0.2, -0.15) is 5.10 Å². The van der Waals surface area contributed by atoms with Crippen molar-refractivity contribution in [3.05, 3.63) is 96.0 Å². The summed E-state index contributed by atoms with van der Waals surface area (Å²) < 4.78 is 18.5. The second-order valence-corrected chi connectivity index (χ2v) is 7.74. The minimum absolute atomic E-state index is 0.150. The number of hydrazone groups is 1. The summed E-state index contributed by atoms with van der Waals surface area (Å²) >= 11 is 1.25. The Morgan fingerprint density at radius 3 is 2.56 bits per heavy atom. The third-order valence-electron chi connectivity index (χ3n) is 4.45. The zero-order valence-corrected chi connectivity index (χ0v) is 17.6. The van der Waals surface area contributed by atoms with Gasteiger partial charge in [0.25, 0.3) is 5.91 Å². The minimum Gasteiger partial charge on any atom is -0.449 e. The van der Waals surface area contributed by atoms with Crippen molar-refractivity contribution >= 4 is 46.3 Å². The first-order valence-electron chi connectivity index (χ1n) is 9.67. The number of carbonyl (C=O) groups excluding carboxylic acids is 2. The van der Waals surface area contributed by atoms with E-state index in [9.17, 15) is 14.0 Å². The molecule has 0 atom stereocenters. The SMILES string of the molecule is O=C(CSc1ccc(/C=N\NC(=O)c2ccc(F)cc2)o1)Nc1ccc2ccccc2c1. The first-order valence-corrected chi connectivity index (χ1v) is 10.7. The molecule has 8 heteroatoms. The smallest absolute Gasteiger partial charge is 0.271 e. The van der Waals surface area contributed by atoms with Gasteiger partial charge in [-0.15, -0.1) is 0 Å². The van der Waals surface area contributed by atoms with Crippen LogP contribution in [0.1, 0.15) is 16.1 Å². The number of halogens is 1. The van der Waals surface area contributed by atoms with Gasteiger partial charge in [0.15, 0.2) is 5.09 Å². The Balaban J connectivity index is 1.26. The summed E-state index contributed by atoms with van der Waals surface area (Å²) in [6.45, 7) is 0. The molecule has 0 saturated carbocycles. The molecule has 4 aromatic rings. The molecule has 0 aliphatic carbocycles. The third kappa shape index (κ3) is 5.61. The molecule has 4 rings (SSSR count). The molecule has 0 bridgehead atoms. The lowest BCUT2D eigenvalue weighted by Crippen LogP contribution is -2.17. The van der Waals surface area contributed by atoms with Gasteiger partial charge in [0.2, 0.25) is 5.91 Å². The largest absolute Gasteiger partial charge is 0.449 e. The Labute approximate surface area is 187 Å². The van der Waals surface area contributed by atoms with E-state index in [2.05, 4.69) is 15.8 Å². The van der Waals surface area contributed by atoms with Gasteiger partial charge in [0.1, 0.15) is 11.6 Å². The molecule has 1 heterocycles. The molecule has 3 aromatic carbocycles. The van der Waals surface area contributed by atoms with Gasteiger partial charge in [-0.05, 0) is 59.3 Å². The van der Waals surface area contributed by atoms with E-state index >= 15 is 0 Å². The monoisotopic (exact) mass is 447 g/mol. The molecule has 0 aliphatic heterocycles. The zero-order chi connectivity index (χ0) is 22.3. The average molecular weight is 447 g/mol. The number of anilines is 1. The highest BCUT2D eigenvalue weighted by Crippen LogP contribution is 2.22. The average Bonchev–Trinajstić information content (AvgIpc) is 3.26. The van der Waals surface area contributed by atoms with E-state index in [-0.39, 0.29) is 17.2 Å². The number of nitrogens with zero attached hydrogens (tertiary/aromatic N) is 1. The molecule has 0 radical (unpaired) electrons. The molecular weight excluding hydrogens is 429 g/mol. The van der Waals surface area contributed by atoms with Gasteiger partial charge >= 0.3 is 0 Å². The maximum Gasteiger partial charge on any atom is 0.271 e. The van der Waals surface area contributed by atoms with E-state index in [0.717, 1.165) is 16.5 Å². The van der Waals surface area contributed by atoms with E-state index in [4.69, 9.17) is 4.42 Å². The number of thioether (sulfide) groups is 1. The standard InChI is InChI=1S/C24H18FN3O3S/c25-19-8-5-17(6-9-19)24(30)28-26-14-21-11-12-23(31-21)32-15-22(29)27-20-10-7-16-3-1-2-4-18(16)13-20/h1-14H,15H2,(H,27,29)(H,28,30)/b26-14-. The molecular formula is C24H18FN3O3S. The van der Waals surface area contributed by atoms with Crippen LogP contribution in [0.3, 0.4) is 0 Å². The summed E-state index contributed by atoms with van der Waals surface area (Å²) in [6, 6.07) is 22.2. The number of carbonyl (C=O) groups is 2. The molecule has 0 aliphatic rings. The molecule has 0 unspecified atom stereocenters. The Morgan fingerprint density at radius 2 is 1.75 bits per heavy atom. The van der Waals surface area contributed by atoms with E-state index in [1.807, 2.05) is 42.5 Å². The maximum absolute atomic E-state index is 12.9. The van der Waals surface area contributed by atoms with Gasteiger partial charge in [0.05, 0.1) is 12.0 Å². The highest BCUT2D eigenvalue weighted by atomic mass is 32.2. The van der Waals surface area contributed by atoms with Crippen LogP contribution >= 0.6 is 11.8 Å². The van der Waals surface area contributed by atoms with Crippen LogP contribution in [0.15, 0.2) is 93.5 Å². The van der Waals surface area contributed by atoms with E-state index < -0.39 is 11.7 Å². The minimum atomic E-state index is -0.465. The predicted octanol–water partition coefficient (Wildman–Crippen LogP) is 5.07. The van der Waals surface area contributed by atoms with Crippen LogP contribution in [0.5, 0.6) is 0 Å². The fraction of sp³-hybridized carbons (Fsp3) is 0.0417. The van der Waals surface area contributed by atoms with Gasteiger partial charge in [-0.1, -0.05) is 42.1 Å². The van der Waals surface area contributed by atoms with Crippen molar-refractivity contribution in [1.29, 1.82) is 0 Å². The molecule has 0 spiro atoms. The third-order valence-corrected chi connectivity index (χ3v) is 5.36. The lowest BCUT2D eigenvalue weighted by atomic mass is 10.1. The fourth-order valence-electron chi connectivity index (χ4n) is 2.90. The van der Waals surface area contributed by atoms with Crippen LogP contribution in [0.4, 0.5) is 10.1 Å². The van der Waals surface area contributed by atoms with Crippen molar-refractivity contribution in [3.63, 3.8) is 0 Å². The molecule has 0 fully saturated rings. The van der Waals surface area contributed by atoms with Crippen LogP contribution in [0.2, 0.25) is 0 Å². The molecule has 2 N–H and O–H groups in total. The van der Waals surface area contributed by atoms with Crippen molar-refractivity contribution < 1.29 is 18.4 Å². The fourth-order valence-corrected chi connectivity index (χ4v) is 3.57. The summed E-state index contributed by atoms with van der Waals surface area (Å²) in [5.41, 5.74) is 3.37. The Morgan fingerprint density at radius 1 is 0.969 bits per heavy atom. The van der Waals surface area contributed by atoms with Crippen molar-refractivity contribution in [2.24, 2.45) is 5.10 Å². The Bertz CT molecular complexity index is 1290. The van der Waals surface area contributed by atoms with Crippen LogP contribution in [0, 0.1) is 5.82 Å². The number of fused-ring (bicyclic) bond motifs is 1. The Hall–Kier alpha value is -3.91. The van der Waals surface area contributed by atoms with Gasteiger partial charge < -0.3 is 9.73 Å². The van der Waals surface area contributed by atoms with Gasteiger partial charge in [-0.3, -0.25) is 9.59 Å². The van der Waals surface area contributed by atoms with Crippen LogP contribution in [-0.4, -0.2) is 23.8 Å². The molecule has 1 aromatic heterocycles. The molecule has 6 nitrogen and oxygen atoms in total. The van der Waals surface area contributed by atoms with Gasteiger partial charge in [-0.25, -0.2) is 9.82 Å². The highest BCUT2D eigenvalue weighted by Gasteiger charge is 2.08. The van der Waals surface area contributed by atoms with E-state index in [0.29, 0.717) is 10.9 Å². The molecule has 32 heavy (non-hydrogen) atoms. The predicted molar refractivity (Wildman–Crippen MR) is 123 cm³/mol. The second-order valence-electron chi connectivity index (χ2n) is 6.76. The number of amides is 2. The number of hydrogen-bond acceptors (Lipinski definition) is 5. The molecule has 160 valence electrons. The van der Waals surface area contributed by atoms with Crippen molar-refractivity contribution in [2.75, 3.05) is 11.1 Å². The number of nitrogens with one attached hydrogen (secondary N) is 2. The van der Waals surface area contributed by atoms with Gasteiger partial charge in [0, 0.05) is 11.3 Å². The maximum atomic E-state index is 12.9. The quantitative estimate of drug-likeness (QED) is 0.235. The second kappa shape index (κ2) is 9.93. The lowest BCUT2D eigenvalue weighted by Gasteiger charge is -2.06. The number of rotatable bonds is 7. The topological polar surface area (TPSA) is 83.7 Å². The Kier molecular flexibility index (Phi) is 6.62. The first-order chi connectivity index (χ1) is 15.6. The lowest BCUT2D eigenvalue weighted by molar-refractivity contribution is -0.113. The number of furan rings is 1. The summed E-state index contributed by atoms with van der Waals surface area (Å²) in [5, 5.41) is 9.42. The normalized spacial score (nSPS) is 11.0. The van der Waals surface area contributed by atoms with Crippen LogP contribution < -0.4 is 10.7 Å². The summed E-state index contributed by atoms with van der Waals surface area (Å²) in [6.07, 6.45) is 1.35. The van der Waals surface area contributed by atoms with Crippen molar-refractivity contribution in [2.45, 2.75) is 5.09 Å². The number of benzene rings is 3.